The first-order chi connectivity index (χ1) is 16.3. The molecule has 0 fully saturated rings. The molecule has 0 spiro atoms. The van der Waals surface area contributed by atoms with Crippen LogP contribution in [-0.2, 0) is 14.8 Å². The van der Waals surface area contributed by atoms with Gasteiger partial charge in [0.2, 0.25) is 0 Å². The van der Waals surface area contributed by atoms with Crippen LogP contribution in [0.1, 0.15) is 18.9 Å². The molecule has 1 atom stereocenters. The second-order valence-electron chi connectivity index (χ2n) is 8.01. The van der Waals surface area contributed by atoms with Crippen molar-refractivity contribution >= 4 is 38.1 Å². The Morgan fingerprint density at radius 3 is 2.18 bits per heavy atom. The minimum Gasteiger partial charge on any atom is -0.481 e. The van der Waals surface area contributed by atoms with Crippen molar-refractivity contribution in [3.05, 3.63) is 96.6 Å². The smallest absolute Gasteiger partial charge is 0.265 e. The lowest BCUT2D eigenvalue weighted by molar-refractivity contribution is -0.122. The van der Waals surface area contributed by atoms with Crippen molar-refractivity contribution in [2.24, 2.45) is 0 Å². The fraction of sp³-hybridized carbons (Fsp3) is 0.148. The van der Waals surface area contributed by atoms with Gasteiger partial charge >= 0.3 is 0 Å². The van der Waals surface area contributed by atoms with Crippen LogP contribution in [0.3, 0.4) is 0 Å². The molecule has 0 bridgehead atoms. The number of carbonyl (C=O) groups is 1. The first-order valence-corrected chi connectivity index (χ1v) is 12.5. The Balaban J connectivity index is 1.41. The minimum atomic E-state index is -3.74. The zero-order valence-corrected chi connectivity index (χ0v) is 19.8. The summed E-state index contributed by atoms with van der Waals surface area (Å²) in [5.41, 5.74) is 2.01. The average Bonchev–Trinajstić information content (AvgIpc) is 2.84. The van der Waals surface area contributed by atoms with E-state index < -0.39 is 16.1 Å². The molecule has 174 valence electrons. The molecule has 2 N–H and O–H groups in total. The second-order valence-corrected chi connectivity index (χ2v) is 9.69. The summed E-state index contributed by atoms with van der Waals surface area (Å²) in [6, 6.07) is 26.8. The van der Waals surface area contributed by atoms with Gasteiger partial charge in [0.25, 0.3) is 15.9 Å². The van der Waals surface area contributed by atoms with E-state index in [0.717, 1.165) is 16.3 Å². The molecule has 1 amide bonds. The van der Waals surface area contributed by atoms with E-state index in [1.807, 2.05) is 68.4 Å². The SMILES string of the molecule is CC[C@@H](Oc1ccc2ccccc2c1)C(=O)Nc1ccc(S(=O)(=O)Nc2ccc(C)cc2)cc1. The number of nitrogens with one attached hydrogen (secondary N) is 2. The van der Waals surface area contributed by atoms with E-state index in [1.54, 1.807) is 24.3 Å². The molecular formula is C27H26N2O4S. The maximum absolute atomic E-state index is 12.8. The standard InChI is InChI=1S/C27H26N2O4S/c1-3-26(33-24-15-10-20-6-4-5-7-21(20)18-24)27(30)28-22-13-16-25(17-14-22)34(31,32)29-23-11-8-19(2)9-12-23/h4-18,26,29H,3H2,1-2H3,(H,28,30)/t26-/m1/s1. The lowest BCUT2D eigenvalue weighted by atomic mass is 10.1. The zero-order chi connectivity index (χ0) is 24.1. The molecule has 0 radical (unpaired) electrons. The number of rotatable bonds is 8. The first kappa shape index (κ1) is 23.3. The minimum absolute atomic E-state index is 0.102. The first-order valence-electron chi connectivity index (χ1n) is 11.0. The summed E-state index contributed by atoms with van der Waals surface area (Å²) in [5, 5.41) is 4.94. The lowest BCUT2D eigenvalue weighted by Crippen LogP contribution is -2.32. The predicted octanol–water partition coefficient (Wildman–Crippen LogP) is 5.75. The Labute approximate surface area is 199 Å². The molecule has 4 aromatic rings. The number of fused-ring (bicyclic) bond motifs is 1. The van der Waals surface area contributed by atoms with Gasteiger partial charge in [-0.25, -0.2) is 8.42 Å². The number of sulfonamides is 1. The third kappa shape index (κ3) is 5.55. The maximum atomic E-state index is 12.8. The highest BCUT2D eigenvalue weighted by Crippen LogP contribution is 2.23. The van der Waals surface area contributed by atoms with Crippen LogP contribution in [0.15, 0.2) is 95.9 Å². The van der Waals surface area contributed by atoms with Gasteiger partial charge in [-0.05, 0) is 72.6 Å². The number of ether oxygens (including phenoxy) is 1. The van der Waals surface area contributed by atoms with Crippen LogP contribution in [-0.4, -0.2) is 20.4 Å². The highest BCUT2D eigenvalue weighted by atomic mass is 32.2. The van der Waals surface area contributed by atoms with Crippen molar-refractivity contribution in [3.63, 3.8) is 0 Å². The summed E-state index contributed by atoms with van der Waals surface area (Å²) >= 11 is 0. The van der Waals surface area contributed by atoms with Crippen LogP contribution < -0.4 is 14.8 Å². The van der Waals surface area contributed by atoms with Crippen LogP contribution in [0, 0.1) is 6.92 Å². The zero-order valence-electron chi connectivity index (χ0n) is 19.0. The largest absolute Gasteiger partial charge is 0.481 e. The number of amides is 1. The van der Waals surface area contributed by atoms with E-state index in [4.69, 9.17) is 4.74 Å². The van der Waals surface area contributed by atoms with Gasteiger partial charge in [0.1, 0.15) is 5.75 Å². The van der Waals surface area contributed by atoms with E-state index in [1.165, 1.54) is 12.1 Å². The average molecular weight is 475 g/mol. The molecule has 0 aliphatic carbocycles. The van der Waals surface area contributed by atoms with Gasteiger partial charge in [0, 0.05) is 11.4 Å². The van der Waals surface area contributed by atoms with E-state index in [2.05, 4.69) is 10.0 Å². The van der Waals surface area contributed by atoms with Crippen molar-refractivity contribution < 1.29 is 17.9 Å². The Kier molecular flexibility index (Phi) is 6.84. The number of carbonyl (C=O) groups excluding carboxylic acids is 1. The fourth-order valence-electron chi connectivity index (χ4n) is 3.50. The van der Waals surface area contributed by atoms with Crippen LogP contribution in [0.25, 0.3) is 10.8 Å². The van der Waals surface area contributed by atoms with Crippen LogP contribution in [0.5, 0.6) is 5.75 Å². The normalized spacial score (nSPS) is 12.2. The van der Waals surface area contributed by atoms with Crippen molar-refractivity contribution in [3.8, 4) is 5.75 Å². The van der Waals surface area contributed by atoms with Crippen molar-refractivity contribution in [2.45, 2.75) is 31.3 Å². The Bertz CT molecular complexity index is 1400. The van der Waals surface area contributed by atoms with E-state index in [9.17, 15) is 13.2 Å². The molecule has 0 unspecified atom stereocenters. The number of benzene rings is 4. The van der Waals surface area contributed by atoms with E-state index in [0.29, 0.717) is 23.5 Å². The van der Waals surface area contributed by atoms with Crippen molar-refractivity contribution in [1.82, 2.24) is 0 Å². The van der Waals surface area contributed by atoms with E-state index >= 15 is 0 Å². The number of aryl methyl sites for hydroxylation is 1. The summed E-state index contributed by atoms with van der Waals surface area (Å²) < 4.78 is 33.8. The van der Waals surface area contributed by atoms with Gasteiger partial charge in [0.05, 0.1) is 4.90 Å². The molecule has 34 heavy (non-hydrogen) atoms. The highest BCUT2D eigenvalue weighted by molar-refractivity contribution is 7.92. The summed E-state index contributed by atoms with van der Waals surface area (Å²) in [7, 11) is -3.74. The quantitative estimate of drug-likeness (QED) is 0.341. The lowest BCUT2D eigenvalue weighted by Gasteiger charge is -2.18. The van der Waals surface area contributed by atoms with Gasteiger partial charge in [-0.1, -0.05) is 55.0 Å². The van der Waals surface area contributed by atoms with Crippen LogP contribution in [0.2, 0.25) is 0 Å². The molecule has 0 saturated heterocycles. The van der Waals surface area contributed by atoms with Crippen LogP contribution >= 0.6 is 0 Å². The second kappa shape index (κ2) is 9.97. The van der Waals surface area contributed by atoms with Gasteiger partial charge in [-0.2, -0.15) is 0 Å². The highest BCUT2D eigenvalue weighted by Gasteiger charge is 2.20. The molecule has 0 aromatic heterocycles. The fourth-order valence-corrected chi connectivity index (χ4v) is 4.56. The predicted molar refractivity (Wildman–Crippen MR) is 136 cm³/mol. The summed E-state index contributed by atoms with van der Waals surface area (Å²) in [6.45, 7) is 3.80. The molecule has 4 rings (SSSR count). The molecule has 0 aliphatic rings. The monoisotopic (exact) mass is 474 g/mol. The molecule has 6 nitrogen and oxygen atoms in total. The molecular weight excluding hydrogens is 448 g/mol. The maximum Gasteiger partial charge on any atom is 0.265 e. The number of hydrogen-bond donors (Lipinski definition) is 2. The van der Waals surface area contributed by atoms with E-state index in [-0.39, 0.29) is 10.8 Å². The Morgan fingerprint density at radius 2 is 1.50 bits per heavy atom. The molecule has 0 aliphatic heterocycles. The van der Waals surface area contributed by atoms with Crippen molar-refractivity contribution in [2.75, 3.05) is 10.0 Å². The van der Waals surface area contributed by atoms with Gasteiger partial charge in [-0.15, -0.1) is 0 Å². The molecule has 7 heteroatoms. The molecule has 0 heterocycles. The summed E-state index contributed by atoms with van der Waals surface area (Å²) in [4.78, 5) is 12.9. The molecule has 0 saturated carbocycles. The third-order valence-corrected chi connectivity index (χ3v) is 6.80. The van der Waals surface area contributed by atoms with Gasteiger partial charge < -0.3 is 10.1 Å². The Morgan fingerprint density at radius 1 is 0.853 bits per heavy atom. The van der Waals surface area contributed by atoms with Crippen molar-refractivity contribution in [1.29, 1.82) is 0 Å². The van der Waals surface area contributed by atoms with Gasteiger partial charge in [0.15, 0.2) is 6.10 Å². The summed E-state index contributed by atoms with van der Waals surface area (Å²) in [6.07, 6.45) is -0.209. The van der Waals surface area contributed by atoms with Gasteiger partial charge in [-0.3, -0.25) is 9.52 Å². The molecule has 4 aromatic carbocycles. The Hall–Kier alpha value is -3.84. The van der Waals surface area contributed by atoms with Crippen LogP contribution in [0.4, 0.5) is 11.4 Å². The number of anilines is 2. The number of hydrogen-bond acceptors (Lipinski definition) is 4. The third-order valence-electron chi connectivity index (χ3n) is 5.40. The topological polar surface area (TPSA) is 84.5 Å². The summed E-state index contributed by atoms with van der Waals surface area (Å²) in [5.74, 6) is 0.313.